The number of methoxy groups -OCH3 is 1. The zero-order valence-electron chi connectivity index (χ0n) is 17.7. The van der Waals surface area contributed by atoms with Crippen LogP contribution in [0.4, 0.5) is 15.8 Å². The van der Waals surface area contributed by atoms with Crippen molar-refractivity contribution in [2.45, 2.75) is 12.8 Å². The summed E-state index contributed by atoms with van der Waals surface area (Å²) in [4.78, 5) is 29.0. The quantitative estimate of drug-likeness (QED) is 0.733. The number of piperidine rings is 1. The number of hydrogen-bond donors (Lipinski definition) is 1. The summed E-state index contributed by atoms with van der Waals surface area (Å²) < 4.78 is 18.5. The standard InChI is InChI=1S/C23H28FN3O3/c1-26(2)15-16-10-12-27(13-11-16)21-7-5-4-6-20(21)25-22(28)17-8-9-19(24)18(14-17)23(29)30-3/h4-9,14,16H,10-13,15H2,1-3H3,(H,25,28). The van der Waals surface area contributed by atoms with E-state index in [0.29, 0.717) is 11.6 Å². The molecule has 0 aliphatic carbocycles. The molecule has 1 saturated heterocycles. The molecule has 1 aliphatic heterocycles. The molecule has 2 aromatic rings. The Morgan fingerprint density at radius 3 is 2.53 bits per heavy atom. The smallest absolute Gasteiger partial charge is 0.340 e. The first-order valence-corrected chi connectivity index (χ1v) is 10.1. The van der Waals surface area contributed by atoms with E-state index in [4.69, 9.17) is 0 Å². The minimum absolute atomic E-state index is 0.191. The molecule has 7 heteroatoms. The minimum atomic E-state index is -0.817. The van der Waals surface area contributed by atoms with Gasteiger partial charge in [0.05, 0.1) is 24.0 Å². The number of para-hydroxylation sites is 2. The van der Waals surface area contributed by atoms with Gasteiger partial charge in [0, 0.05) is 25.2 Å². The summed E-state index contributed by atoms with van der Waals surface area (Å²) in [6.45, 7) is 2.93. The third-order valence-corrected chi connectivity index (χ3v) is 5.36. The van der Waals surface area contributed by atoms with Crippen LogP contribution in [0.2, 0.25) is 0 Å². The van der Waals surface area contributed by atoms with Gasteiger partial charge < -0.3 is 19.9 Å². The Morgan fingerprint density at radius 2 is 1.87 bits per heavy atom. The average Bonchev–Trinajstić information content (AvgIpc) is 2.74. The fraction of sp³-hybridized carbons (Fsp3) is 0.391. The van der Waals surface area contributed by atoms with Gasteiger partial charge in [-0.2, -0.15) is 0 Å². The molecule has 1 amide bonds. The maximum Gasteiger partial charge on any atom is 0.340 e. The molecule has 0 aromatic heterocycles. The van der Waals surface area contributed by atoms with Crippen molar-refractivity contribution in [3.63, 3.8) is 0 Å². The molecule has 0 saturated carbocycles. The van der Waals surface area contributed by atoms with Gasteiger partial charge >= 0.3 is 5.97 Å². The molecular weight excluding hydrogens is 385 g/mol. The molecular formula is C23H28FN3O3. The largest absolute Gasteiger partial charge is 0.465 e. The maximum atomic E-state index is 13.9. The van der Waals surface area contributed by atoms with Gasteiger partial charge in [-0.15, -0.1) is 0 Å². The summed E-state index contributed by atoms with van der Waals surface area (Å²) in [6, 6.07) is 11.3. The number of anilines is 2. The van der Waals surface area contributed by atoms with Crippen molar-refractivity contribution in [3.8, 4) is 0 Å². The highest BCUT2D eigenvalue weighted by Gasteiger charge is 2.22. The number of benzene rings is 2. The third kappa shape index (κ3) is 5.16. The predicted molar refractivity (Wildman–Crippen MR) is 116 cm³/mol. The summed E-state index contributed by atoms with van der Waals surface area (Å²) in [6.07, 6.45) is 2.20. The second-order valence-corrected chi connectivity index (χ2v) is 7.85. The maximum absolute atomic E-state index is 13.9. The Morgan fingerprint density at radius 1 is 1.17 bits per heavy atom. The molecule has 0 radical (unpaired) electrons. The van der Waals surface area contributed by atoms with Crippen LogP contribution < -0.4 is 10.2 Å². The highest BCUT2D eigenvalue weighted by atomic mass is 19.1. The molecule has 160 valence electrons. The van der Waals surface area contributed by atoms with Crippen LogP contribution in [0.1, 0.15) is 33.6 Å². The highest BCUT2D eigenvalue weighted by molar-refractivity contribution is 6.07. The van der Waals surface area contributed by atoms with E-state index in [2.05, 4.69) is 33.9 Å². The van der Waals surface area contributed by atoms with Gasteiger partial charge in [0.1, 0.15) is 5.82 Å². The number of rotatable bonds is 6. The van der Waals surface area contributed by atoms with E-state index in [9.17, 15) is 14.0 Å². The lowest BCUT2D eigenvalue weighted by Gasteiger charge is -2.35. The van der Waals surface area contributed by atoms with Gasteiger partial charge in [-0.05, 0) is 63.2 Å². The van der Waals surface area contributed by atoms with Crippen molar-refractivity contribution in [2.24, 2.45) is 5.92 Å². The zero-order chi connectivity index (χ0) is 21.7. The second-order valence-electron chi connectivity index (χ2n) is 7.85. The van der Waals surface area contributed by atoms with E-state index < -0.39 is 17.7 Å². The van der Waals surface area contributed by atoms with Gasteiger partial charge in [0.25, 0.3) is 5.91 Å². The lowest BCUT2D eigenvalue weighted by molar-refractivity contribution is 0.0595. The van der Waals surface area contributed by atoms with Crippen LogP contribution >= 0.6 is 0 Å². The number of carbonyl (C=O) groups excluding carboxylic acids is 2. The lowest BCUT2D eigenvalue weighted by atomic mass is 9.96. The summed E-state index contributed by atoms with van der Waals surface area (Å²) in [5, 5.41) is 2.91. The number of halogens is 1. The first kappa shape index (κ1) is 21.8. The number of amides is 1. The van der Waals surface area contributed by atoms with Crippen LogP contribution in [0.5, 0.6) is 0 Å². The number of nitrogens with one attached hydrogen (secondary N) is 1. The SMILES string of the molecule is COC(=O)c1cc(C(=O)Nc2ccccc2N2CCC(CN(C)C)CC2)ccc1F. The van der Waals surface area contributed by atoms with Crippen molar-refractivity contribution < 1.29 is 18.7 Å². The Balaban J connectivity index is 1.74. The number of carbonyl (C=O) groups is 2. The fourth-order valence-electron chi connectivity index (χ4n) is 3.86. The molecule has 0 bridgehead atoms. The van der Waals surface area contributed by atoms with Gasteiger partial charge in [-0.1, -0.05) is 12.1 Å². The van der Waals surface area contributed by atoms with Crippen molar-refractivity contribution in [2.75, 3.05) is 51.1 Å². The molecule has 2 aromatic carbocycles. The topological polar surface area (TPSA) is 61.9 Å². The van der Waals surface area contributed by atoms with Crippen molar-refractivity contribution in [1.29, 1.82) is 0 Å². The Hall–Kier alpha value is -2.93. The van der Waals surface area contributed by atoms with E-state index in [1.807, 2.05) is 24.3 Å². The molecule has 0 unspecified atom stereocenters. The van der Waals surface area contributed by atoms with E-state index in [1.165, 1.54) is 19.2 Å². The van der Waals surface area contributed by atoms with E-state index in [0.717, 1.165) is 44.2 Å². The van der Waals surface area contributed by atoms with Crippen molar-refractivity contribution in [3.05, 3.63) is 59.4 Å². The van der Waals surface area contributed by atoms with Crippen molar-refractivity contribution >= 4 is 23.3 Å². The fourth-order valence-corrected chi connectivity index (χ4v) is 3.86. The lowest BCUT2D eigenvalue weighted by Crippen LogP contribution is -2.37. The van der Waals surface area contributed by atoms with Gasteiger partial charge in [0.2, 0.25) is 0 Å². The predicted octanol–water partition coefficient (Wildman–Crippen LogP) is 3.64. The Kier molecular flexibility index (Phi) is 7.05. The summed E-state index contributed by atoms with van der Waals surface area (Å²) in [5.41, 5.74) is 1.58. The highest BCUT2D eigenvalue weighted by Crippen LogP contribution is 2.30. The van der Waals surface area contributed by atoms with E-state index >= 15 is 0 Å². The van der Waals surface area contributed by atoms with E-state index in [1.54, 1.807) is 0 Å². The average molecular weight is 413 g/mol. The molecule has 3 rings (SSSR count). The first-order chi connectivity index (χ1) is 14.4. The van der Waals surface area contributed by atoms with Crippen LogP contribution in [-0.4, -0.2) is 57.6 Å². The number of ether oxygens (including phenoxy) is 1. The normalized spacial score (nSPS) is 14.6. The van der Waals surface area contributed by atoms with Crippen LogP contribution in [-0.2, 0) is 4.74 Å². The molecule has 1 heterocycles. The molecule has 30 heavy (non-hydrogen) atoms. The van der Waals surface area contributed by atoms with Crippen LogP contribution in [0.3, 0.4) is 0 Å². The van der Waals surface area contributed by atoms with Gasteiger partial charge in [-0.25, -0.2) is 9.18 Å². The molecule has 0 atom stereocenters. The molecule has 6 nitrogen and oxygen atoms in total. The van der Waals surface area contributed by atoms with Crippen LogP contribution in [0.15, 0.2) is 42.5 Å². The van der Waals surface area contributed by atoms with E-state index in [-0.39, 0.29) is 11.1 Å². The summed E-state index contributed by atoms with van der Waals surface area (Å²) >= 11 is 0. The van der Waals surface area contributed by atoms with Crippen LogP contribution in [0, 0.1) is 11.7 Å². The van der Waals surface area contributed by atoms with Gasteiger partial charge in [-0.3, -0.25) is 4.79 Å². The Labute approximate surface area is 176 Å². The molecule has 0 spiro atoms. The molecule has 1 N–H and O–H groups in total. The second kappa shape index (κ2) is 9.71. The van der Waals surface area contributed by atoms with Crippen molar-refractivity contribution in [1.82, 2.24) is 4.90 Å². The Bertz CT molecular complexity index is 908. The number of esters is 1. The van der Waals surface area contributed by atoms with Crippen LogP contribution in [0.25, 0.3) is 0 Å². The summed E-state index contributed by atoms with van der Waals surface area (Å²) in [5.74, 6) is -1.27. The van der Waals surface area contributed by atoms with Gasteiger partial charge in [0.15, 0.2) is 0 Å². The zero-order valence-corrected chi connectivity index (χ0v) is 17.7. The third-order valence-electron chi connectivity index (χ3n) is 5.36. The number of hydrogen-bond acceptors (Lipinski definition) is 5. The first-order valence-electron chi connectivity index (χ1n) is 10.1. The monoisotopic (exact) mass is 413 g/mol. The number of nitrogens with zero attached hydrogens (tertiary/aromatic N) is 2. The molecule has 1 aliphatic rings. The summed E-state index contributed by atoms with van der Waals surface area (Å²) in [7, 11) is 5.36. The minimum Gasteiger partial charge on any atom is -0.465 e. The molecule has 1 fully saturated rings.